The van der Waals surface area contributed by atoms with Gasteiger partial charge in [0.25, 0.3) is 0 Å². The number of hydrogen-bond donors (Lipinski definition) is 1. The molecule has 0 aliphatic rings. The molecule has 0 aromatic heterocycles. The van der Waals surface area contributed by atoms with E-state index in [1.54, 1.807) is 0 Å². The number of rotatable bonds is 6. The van der Waals surface area contributed by atoms with Crippen molar-refractivity contribution >= 4 is 0 Å². The number of ether oxygens (including phenoxy) is 2. The Balaban J connectivity index is 2.92. The fourth-order valence-electron chi connectivity index (χ4n) is 1.87. The molecule has 0 heterocycles. The van der Waals surface area contributed by atoms with Gasteiger partial charge in [-0.2, -0.15) is 0 Å². The number of nitrogens with two attached hydrogens (primary N) is 1. The summed E-state index contributed by atoms with van der Waals surface area (Å²) in [5, 5.41) is 0. The molecule has 3 nitrogen and oxygen atoms in total. The third kappa shape index (κ3) is 3.53. The smallest absolute Gasteiger partial charge is 0.176 e. The van der Waals surface area contributed by atoms with Crippen LogP contribution in [0.2, 0.25) is 0 Å². The molecule has 17 heavy (non-hydrogen) atoms. The average molecular weight is 237 g/mol. The zero-order valence-electron chi connectivity index (χ0n) is 11.2. The maximum Gasteiger partial charge on any atom is 0.176 e. The topological polar surface area (TPSA) is 44.5 Å². The van der Waals surface area contributed by atoms with E-state index in [9.17, 15) is 0 Å². The van der Waals surface area contributed by atoms with Crippen molar-refractivity contribution in [3.8, 4) is 0 Å². The Bertz CT molecular complexity index is 346. The van der Waals surface area contributed by atoms with Gasteiger partial charge in [0.2, 0.25) is 0 Å². The lowest BCUT2D eigenvalue weighted by Crippen LogP contribution is -2.32. The average Bonchev–Trinajstić information content (AvgIpc) is 2.31. The van der Waals surface area contributed by atoms with Crippen LogP contribution in [0.15, 0.2) is 18.2 Å². The van der Waals surface area contributed by atoms with E-state index in [2.05, 4.69) is 19.9 Å². The predicted molar refractivity (Wildman–Crippen MR) is 69.9 cm³/mol. The van der Waals surface area contributed by atoms with Gasteiger partial charge in [0.1, 0.15) is 0 Å². The SMILES string of the molecule is CCOC(OCC)C(N)c1cccc(C)c1C. The lowest BCUT2D eigenvalue weighted by Gasteiger charge is -2.25. The van der Waals surface area contributed by atoms with Gasteiger partial charge in [-0.3, -0.25) is 0 Å². The summed E-state index contributed by atoms with van der Waals surface area (Å²) in [6.45, 7) is 9.26. The van der Waals surface area contributed by atoms with Gasteiger partial charge in [-0.1, -0.05) is 18.2 Å². The largest absolute Gasteiger partial charge is 0.351 e. The van der Waals surface area contributed by atoms with Gasteiger partial charge in [0, 0.05) is 13.2 Å². The van der Waals surface area contributed by atoms with E-state index in [4.69, 9.17) is 15.2 Å². The first-order valence-electron chi connectivity index (χ1n) is 6.16. The van der Waals surface area contributed by atoms with Crippen LogP contribution < -0.4 is 5.73 Å². The van der Waals surface area contributed by atoms with Crippen LogP contribution in [-0.2, 0) is 9.47 Å². The molecule has 0 radical (unpaired) electrons. The molecule has 1 aromatic carbocycles. The Morgan fingerprint density at radius 1 is 1.12 bits per heavy atom. The first kappa shape index (κ1) is 14.2. The molecule has 0 bridgehead atoms. The zero-order valence-corrected chi connectivity index (χ0v) is 11.2. The van der Waals surface area contributed by atoms with Gasteiger partial charge < -0.3 is 15.2 Å². The molecule has 0 saturated heterocycles. The third-order valence-corrected chi connectivity index (χ3v) is 2.96. The van der Waals surface area contributed by atoms with Gasteiger partial charge >= 0.3 is 0 Å². The van der Waals surface area contributed by atoms with E-state index in [1.165, 1.54) is 11.1 Å². The standard InChI is InChI=1S/C14H23NO2/c1-5-16-14(17-6-2)13(15)12-9-7-8-10(3)11(12)4/h7-9,13-14H,5-6,15H2,1-4H3. The summed E-state index contributed by atoms with van der Waals surface area (Å²) in [7, 11) is 0. The van der Waals surface area contributed by atoms with Crippen molar-refractivity contribution in [3.63, 3.8) is 0 Å². The second-order valence-corrected chi connectivity index (χ2v) is 4.09. The van der Waals surface area contributed by atoms with Crippen molar-refractivity contribution in [2.75, 3.05) is 13.2 Å². The minimum absolute atomic E-state index is 0.241. The van der Waals surface area contributed by atoms with Gasteiger partial charge in [0.15, 0.2) is 6.29 Å². The van der Waals surface area contributed by atoms with Crippen LogP contribution in [0.25, 0.3) is 0 Å². The summed E-state index contributed by atoms with van der Waals surface area (Å²) < 4.78 is 11.1. The van der Waals surface area contributed by atoms with Crippen molar-refractivity contribution < 1.29 is 9.47 Å². The van der Waals surface area contributed by atoms with E-state index in [-0.39, 0.29) is 12.3 Å². The summed E-state index contributed by atoms with van der Waals surface area (Å²) in [5.41, 5.74) is 9.78. The zero-order chi connectivity index (χ0) is 12.8. The number of hydrogen-bond acceptors (Lipinski definition) is 3. The van der Waals surface area contributed by atoms with Crippen LogP contribution in [0.1, 0.15) is 36.6 Å². The first-order chi connectivity index (χ1) is 8.11. The Hall–Kier alpha value is -0.900. The molecule has 96 valence electrons. The molecule has 0 aliphatic carbocycles. The van der Waals surface area contributed by atoms with Crippen LogP contribution in [0.3, 0.4) is 0 Å². The van der Waals surface area contributed by atoms with Crippen molar-refractivity contribution in [3.05, 3.63) is 34.9 Å². The van der Waals surface area contributed by atoms with Crippen molar-refractivity contribution in [1.29, 1.82) is 0 Å². The number of benzene rings is 1. The minimum atomic E-state index is -0.370. The molecule has 2 N–H and O–H groups in total. The van der Waals surface area contributed by atoms with Crippen LogP contribution in [-0.4, -0.2) is 19.5 Å². The highest BCUT2D eigenvalue weighted by Crippen LogP contribution is 2.23. The molecule has 0 aliphatic heterocycles. The van der Waals surface area contributed by atoms with E-state index < -0.39 is 0 Å². The molecule has 3 heteroatoms. The fourth-order valence-corrected chi connectivity index (χ4v) is 1.87. The van der Waals surface area contributed by atoms with Crippen LogP contribution in [0, 0.1) is 13.8 Å². The third-order valence-electron chi connectivity index (χ3n) is 2.96. The van der Waals surface area contributed by atoms with E-state index in [0.29, 0.717) is 13.2 Å². The molecule has 1 atom stereocenters. The summed E-state index contributed by atoms with van der Waals surface area (Å²) >= 11 is 0. The lowest BCUT2D eigenvalue weighted by molar-refractivity contribution is -0.149. The molecule has 1 aromatic rings. The molecular weight excluding hydrogens is 214 g/mol. The lowest BCUT2D eigenvalue weighted by atomic mass is 9.97. The van der Waals surface area contributed by atoms with Gasteiger partial charge in [0.05, 0.1) is 6.04 Å². The molecule has 0 spiro atoms. The second-order valence-electron chi connectivity index (χ2n) is 4.09. The normalized spacial score (nSPS) is 13.1. The summed E-state index contributed by atoms with van der Waals surface area (Å²) in [6, 6.07) is 5.90. The van der Waals surface area contributed by atoms with E-state index in [0.717, 1.165) is 5.56 Å². The van der Waals surface area contributed by atoms with Crippen LogP contribution in [0.5, 0.6) is 0 Å². The Morgan fingerprint density at radius 3 is 2.24 bits per heavy atom. The second kappa shape index (κ2) is 6.74. The fraction of sp³-hybridized carbons (Fsp3) is 0.571. The highest BCUT2D eigenvalue weighted by Gasteiger charge is 2.21. The highest BCUT2D eigenvalue weighted by atomic mass is 16.7. The molecule has 0 fully saturated rings. The number of aryl methyl sites for hydroxylation is 1. The van der Waals surface area contributed by atoms with Crippen LogP contribution >= 0.6 is 0 Å². The van der Waals surface area contributed by atoms with Crippen molar-refractivity contribution in [1.82, 2.24) is 0 Å². The first-order valence-corrected chi connectivity index (χ1v) is 6.16. The van der Waals surface area contributed by atoms with Gasteiger partial charge in [-0.25, -0.2) is 0 Å². The van der Waals surface area contributed by atoms with E-state index in [1.807, 2.05) is 26.0 Å². The molecule has 1 rings (SSSR count). The van der Waals surface area contributed by atoms with Crippen molar-refractivity contribution in [2.45, 2.75) is 40.0 Å². The van der Waals surface area contributed by atoms with Gasteiger partial charge in [-0.05, 0) is 44.4 Å². The Labute approximate surface area is 104 Å². The molecule has 0 amide bonds. The van der Waals surface area contributed by atoms with Gasteiger partial charge in [-0.15, -0.1) is 0 Å². The summed E-state index contributed by atoms with van der Waals surface area (Å²) in [6.07, 6.45) is -0.370. The monoisotopic (exact) mass is 237 g/mol. The predicted octanol–water partition coefficient (Wildman–Crippen LogP) is 2.70. The van der Waals surface area contributed by atoms with Crippen molar-refractivity contribution in [2.24, 2.45) is 5.73 Å². The van der Waals surface area contributed by atoms with E-state index >= 15 is 0 Å². The molecule has 0 saturated carbocycles. The summed E-state index contributed by atoms with van der Waals surface area (Å²) in [4.78, 5) is 0. The summed E-state index contributed by atoms with van der Waals surface area (Å²) in [5.74, 6) is 0. The minimum Gasteiger partial charge on any atom is -0.351 e. The quantitative estimate of drug-likeness (QED) is 0.774. The van der Waals surface area contributed by atoms with Crippen LogP contribution in [0.4, 0.5) is 0 Å². The Kier molecular flexibility index (Phi) is 5.62. The molecule has 1 unspecified atom stereocenters. The maximum absolute atomic E-state index is 6.23. The molecular formula is C14H23NO2. The Morgan fingerprint density at radius 2 is 1.71 bits per heavy atom. The maximum atomic E-state index is 6.23. The highest BCUT2D eigenvalue weighted by molar-refractivity contribution is 5.35.